The predicted octanol–water partition coefficient (Wildman–Crippen LogP) is 4.21. The van der Waals surface area contributed by atoms with Crippen molar-refractivity contribution in [1.82, 2.24) is 0 Å². The second kappa shape index (κ2) is 6.07. The van der Waals surface area contributed by atoms with E-state index in [1.807, 2.05) is 0 Å². The zero-order valence-corrected chi connectivity index (χ0v) is 11.0. The summed E-state index contributed by atoms with van der Waals surface area (Å²) in [5, 5.41) is 0. The van der Waals surface area contributed by atoms with E-state index < -0.39 is 0 Å². The largest absolute Gasteiger partial charge is 0.0619 e. The molecule has 0 saturated heterocycles. The smallest absolute Gasteiger partial charge is 0.0280 e. The summed E-state index contributed by atoms with van der Waals surface area (Å²) >= 11 is 0. The average molecular weight is 234 g/mol. The molecule has 0 heteroatoms. The van der Waals surface area contributed by atoms with Crippen molar-refractivity contribution in [2.24, 2.45) is 0 Å². The quantitative estimate of drug-likeness (QED) is 0.683. The zero-order chi connectivity index (χ0) is 12.8. The Morgan fingerprint density at radius 2 is 1.06 bits per heavy atom. The molecule has 0 aliphatic carbocycles. The Balaban J connectivity index is 2.37. The van der Waals surface area contributed by atoms with Crippen molar-refractivity contribution in [1.29, 1.82) is 0 Å². The minimum Gasteiger partial charge on any atom is -0.0619 e. The van der Waals surface area contributed by atoms with Crippen LogP contribution in [0.15, 0.2) is 48.5 Å². The van der Waals surface area contributed by atoms with Crippen molar-refractivity contribution in [3.63, 3.8) is 0 Å². The van der Waals surface area contributed by atoms with Gasteiger partial charge in [0, 0.05) is 11.1 Å². The summed E-state index contributed by atoms with van der Waals surface area (Å²) in [6, 6.07) is 16.7. The van der Waals surface area contributed by atoms with Crippen molar-refractivity contribution in [2.75, 3.05) is 0 Å². The topological polar surface area (TPSA) is 0 Å². The number of benzene rings is 2. The molecule has 0 atom stereocenters. The first-order valence-electron chi connectivity index (χ1n) is 6.53. The zero-order valence-electron chi connectivity index (χ0n) is 11.0. The van der Waals surface area contributed by atoms with Crippen LogP contribution >= 0.6 is 0 Å². The summed E-state index contributed by atoms with van der Waals surface area (Å²) < 4.78 is 0. The van der Waals surface area contributed by atoms with Gasteiger partial charge in [0.25, 0.3) is 0 Å². The van der Waals surface area contributed by atoms with Crippen LogP contribution in [0.5, 0.6) is 0 Å². The lowest BCUT2D eigenvalue weighted by atomic mass is 10.0. The van der Waals surface area contributed by atoms with Crippen LogP contribution in [0.4, 0.5) is 0 Å². The van der Waals surface area contributed by atoms with Gasteiger partial charge >= 0.3 is 0 Å². The molecule has 0 radical (unpaired) electrons. The normalized spacial score (nSPS) is 9.67. The van der Waals surface area contributed by atoms with E-state index in [1.165, 1.54) is 11.1 Å². The monoisotopic (exact) mass is 234 g/mol. The molecule has 0 nitrogen and oxygen atoms in total. The van der Waals surface area contributed by atoms with E-state index in [2.05, 4.69) is 74.2 Å². The van der Waals surface area contributed by atoms with Gasteiger partial charge < -0.3 is 0 Å². The number of aryl methyl sites for hydroxylation is 2. The predicted molar refractivity (Wildman–Crippen MR) is 77.6 cm³/mol. The lowest BCUT2D eigenvalue weighted by Gasteiger charge is -2.01. The Morgan fingerprint density at radius 1 is 0.667 bits per heavy atom. The first-order valence-corrected chi connectivity index (χ1v) is 6.53. The molecule has 0 aliphatic heterocycles. The summed E-state index contributed by atoms with van der Waals surface area (Å²) in [7, 11) is 0. The van der Waals surface area contributed by atoms with Crippen LogP contribution in [0.2, 0.25) is 0 Å². The van der Waals surface area contributed by atoms with Gasteiger partial charge in [0.05, 0.1) is 0 Å². The molecule has 0 fully saturated rings. The van der Waals surface area contributed by atoms with Crippen molar-refractivity contribution in [3.8, 4) is 11.8 Å². The highest BCUT2D eigenvalue weighted by Crippen LogP contribution is 2.10. The molecule has 0 N–H and O–H groups in total. The molecule has 2 aromatic rings. The Kier molecular flexibility index (Phi) is 4.20. The molecule has 0 saturated carbocycles. The third-order valence-corrected chi connectivity index (χ3v) is 3.13. The van der Waals surface area contributed by atoms with Crippen LogP contribution in [-0.4, -0.2) is 0 Å². The van der Waals surface area contributed by atoms with Crippen LogP contribution in [-0.2, 0) is 12.8 Å². The number of hydrogen-bond acceptors (Lipinski definition) is 0. The van der Waals surface area contributed by atoms with Crippen LogP contribution in [0.25, 0.3) is 0 Å². The van der Waals surface area contributed by atoms with Gasteiger partial charge in [0.1, 0.15) is 0 Å². The summed E-state index contributed by atoms with van der Waals surface area (Å²) in [6.45, 7) is 4.33. The first kappa shape index (κ1) is 12.5. The van der Waals surface area contributed by atoms with E-state index in [9.17, 15) is 0 Å². The van der Waals surface area contributed by atoms with Gasteiger partial charge in [0.15, 0.2) is 0 Å². The Bertz CT molecular complexity index is 531. The van der Waals surface area contributed by atoms with Gasteiger partial charge in [-0.2, -0.15) is 0 Å². The molecule has 0 bridgehead atoms. The first-order chi connectivity index (χ1) is 8.85. The van der Waals surface area contributed by atoms with E-state index in [1.54, 1.807) is 0 Å². The Hall–Kier alpha value is -2.00. The molecule has 0 heterocycles. The highest BCUT2D eigenvalue weighted by atomic mass is 14.0. The third-order valence-electron chi connectivity index (χ3n) is 3.13. The molecular weight excluding hydrogens is 216 g/mol. The van der Waals surface area contributed by atoms with E-state index in [4.69, 9.17) is 0 Å². The molecule has 0 unspecified atom stereocenters. The maximum Gasteiger partial charge on any atom is 0.0280 e. The summed E-state index contributed by atoms with van der Waals surface area (Å²) in [5.41, 5.74) is 4.93. The maximum absolute atomic E-state index is 3.31. The molecule has 2 aromatic carbocycles. The summed E-state index contributed by atoms with van der Waals surface area (Å²) in [4.78, 5) is 0. The van der Waals surface area contributed by atoms with Gasteiger partial charge in [0.2, 0.25) is 0 Å². The molecule has 2 rings (SSSR count). The van der Waals surface area contributed by atoms with Crippen molar-refractivity contribution < 1.29 is 0 Å². The van der Waals surface area contributed by atoms with E-state index in [0.717, 1.165) is 24.0 Å². The number of rotatable bonds is 2. The maximum atomic E-state index is 3.31. The second-order valence-electron chi connectivity index (χ2n) is 4.27. The van der Waals surface area contributed by atoms with E-state index >= 15 is 0 Å². The van der Waals surface area contributed by atoms with Gasteiger partial charge in [-0.25, -0.2) is 0 Å². The van der Waals surface area contributed by atoms with E-state index in [-0.39, 0.29) is 0 Å². The molecule has 90 valence electrons. The van der Waals surface area contributed by atoms with Crippen LogP contribution in [0.3, 0.4) is 0 Å². The minimum absolute atomic E-state index is 1.03. The molecule has 0 aliphatic rings. The second-order valence-corrected chi connectivity index (χ2v) is 4.27. The fourth-order valence-corrected chi connectivity index (χ4v) is 2.04. The Labute approximate surface area is 110 Å². The van der Waals surface area contributed by atoms with Gasteiger partial charge in [-0.3, -0.25) is 0 Å². The van der Waals surface area contributed by atoms with Crippen molar-refractivity contribution >= 4 is 0 Å². The van der Waals surface area contributed by atoms with Gasteiger partial charge in [-0.05, 0) is 36.1 Å². The standard InChI is InChI=1S/C18H18/c1-3-15-9-5-7-11-17(15)13-14-18-12-8-6-10-16(18)4-2/h5-12H,3-4H2,1-2H3. The van der Waals surface area contributed by atoms with Crippen molar-refractivity contribution in [2.45, 2.75) is 26.7 Å². The summed E-state index contributed by atoms with van der Waals surface area (Å²) in [6.07, 6.45) is 2.06. The fraction of sp³-hybridized carbons (Fsp3) is 0.222. The van der Waals surface area contributed by atoms with E-state index in [0.29, 0.717) is 0 Å². The molecule has 0 aromatic heterocycles. The highest BCUT2D eigenvalue weighted by molar-refractivity contribution is 5.49. The molecule has 0 spiro atoms. The summed E-state index contributed by atoms with van der Waals surface area (Å²) in [5.74, 6) is 6.61. The fourth-order valence-electron chi connectivity index (χ4n) is 2.04. The van der Waals surface area contributed by atoms with Crippen molar-refractivity contribution in [3.05, 3.63) is 70.8 Å². The average Bonchev–Trinajstić information content (AvgIpc) is 2.45. The third kappa shape index (κ3) is 2.81. The van der Waals surface area contributed by atoms with Crippen LogP contribution in [0.1, 0.15) is 36.1 Å². The van der Waals surface area contributed by atoms with Crippen LogP contribution < -0.4 is 0 Å². The molecule has 18 heavy (non-hydrogen) atoms. The Morgan fingerprint density at radius 3 is 1.44 bits per heavy atom. The lowest BCUT2D eigenvalue weighted by Crippen LogP contribution is -1.88. The molecular formula is C18H18. The number of hydrogen-bond donors (Lipinski definition) is 0. The molecule has 0 amide bonds. The highest BCUT2D eigenvalue weighted by Gasteiger charge is 1.97. The lowest BCUT2D eigenvalue weighted by molar-refractivity contribution is 1.13. The van der Waals surface area contributed by atoms with Gasteiger partial charge in [-0.1, -0.05) is 62.1 Å². The minimum atomic E-state index is 1.03. The van der Waals surface area contributed by atoms with Gasteiger partial charge in [-0.15, -0.1) is 0 Å². The van der Waals surface area contributed by atoms with Crippen LogP contribution in [0, 0.1) is 11.8 Å². The SMILES string of the molecule is CCc1ccccc1C#Cc1ccccc1CC.